The molecule has 1 aliphatic heterocycles. The highest BCUT2D eigenvalue weighted by molar-refractivity contribution is 7.89. The molecule has 0 bridgehead atoms. The number of likely N-dealkylation sites (N-methyl/N-ethyl adjacent to an activating group) is 1. The van der Waals surface area contributed by atoms with Crippen molar-refractivity contribution in [1.29, 1.82) is 0 Å². The Labute approximate surface area is 165 Å². The maximum absolute atomic E-state index is 14.1. The lowest BCUT2D eigenvalue weighted by atomic mass is 10.1. The summed E-state index contributed by atoms with van der Waals surface area (Å²) < 4.78 is 42.0. The average molecular weight is 405 g/mol. The molecule has 1 N–H and O–H groups in total. The summed E-state index contributed by atoms with van der Waals surface area (Å²) in [5, 5.41) is 0. The molecule has 0 aromatic heterocycles. The summed E-state index contributed by atoms with van der Waals surface area (Å²) in [7, 11) is -0.224. The number of nitrogens with zero attached hydrogens (tertiary/aromatic N) is 2. The molecule has 8 heteroatoms. The smallest absolute Gasteiger partial charge is 0.240 e. The van der Waals surface area contributed by atoms with Crippen molar-refractivity contribution in [3.8, 4) is 0 Å². The molecule has 0 aliphatic carbocycles. The van der Waals surface area contributed by atoms with E-state index in [0.29, 0.717) is 24.2 Å². The Kier molecular flexibility index (Phi) is 6.12. The van der Waals surface area contributed by atoms with Gasteiger partial charge >= 0.3 is 0 Å². The van der Waals surface area contributed by atoms with Gasteiger partial charge in [-0.15, -0.1) is 0 Å². The van der Waals surface area contributed by atoms with Gasteiger partial charge in [0.1, 0.15) is 5.82 Å². The van der Waals surface area contributed by atoms with Gasteiger partial charge in [-0.2, -0.15) is 0 Å². The quantitative estimate of drug-likeness (QED) is 0.769. The molecule has 1 amide bonds. The molecule has 2 aromatic rings. The van der Waals surface area contributed by atoms with E-state index in [1.807, 2.05) is 0 Å². The zero-order valence-corrected chi connectivity index (χ0v) is 16.7. The van der Waals surface area contributed by atoms with Crippen molar-refractivity contribution < 1.29 is 17.6 Å². The molecule has 3 rings (SSSR count). The van der Waals surface area contributed by atoms with Crippen LogP contribution in [0.1, 0.15) is 24.4 Å². The van der Waals surface area contributed by atoms with E-state index in [1.165, 1.54) is 18.2 Å². The van der Waals surface area contributed by atoms with Crippen molar-refractivity contribution in [3.05, 3.63) is 59.9 Å². The molecule has 1 fully saturated rings. The molecule has 1 saturated heterocycles. The van der Waals surface area contributed by atoms with Crippen molar-refractivity contribution in [2.45, 2.75) is 23.8 Å². The SMILES string of the molecule is CN(C)[C@@H](CNS(=O)(=O)c1ccc(N2CCCC2=O)cc1)c1ccccc1F. The molecule has 1 aliphatic rings. The second-order valence-electron chi connectivity index (χ2n) is 7.00. The molecule has 0 unspecified atom stereocenters. The fraction of sp³-hybridized carbons (Fsp3) is 0.350. The first-order valence-corrected chi connectivity index (χ1v) is 10.6. The largest absolute Gasteiger partial charge is 0.312 e. The number of benzene rings is 2. The number of hydrogen-bond donors (Lipinski definition) is 1. The van der Waals surface area contributed by atoms with Crippen LogP contribution < -0.4 is 9.62 Å². The Morgan fingerprint density at radius 2 is 1.82 bits per heavy atom. The minimum atomic E-state index is -3.77. The number of amides is 1. The Morgan fingerprint density at radius 1 is 1.14 bits per heavy atom. The minimum Gasteiger partial charge on any atom is -0.312 e. The highest BCUT2D eigenvalue weighted by atomic mass is 32.2. The molecule has 0 saturated carbocycles. The molecule has 28 heavy (non-hydrogen) atoms. The normalized spacial score (nSPS) is 16.0. The van der Waals surface area contributed by atoms with E-state index in [4.69, 9.17) is 0 Å². The van der Waals surface area contributed by atoms with Gasteiger partial charge in [-0.3, -0.25) is 4.79 Å². The maximum Gasteiger partial charge on any atom is 0.240 e. The summed E-state index contributed by atoms with van der Waals surface area (Å²) in [4.78, 5) is 15.3. The van der Waals surface area contributed by atoms with Crippen LogP contribution in [0.3, 0.4) is 0 Å². The molecule has 0 spiro atoms. The summed E-state index contributed by atoms with van der Waals surface area (Å²) in [5.41, 5.74) is 1.12. The molecular weight excluding hydrogens is 381 g/mol. The number of anilines is 1. The van der Waals surface area contributed by atoms with Gasteiger partial charge in [-0.1, -0.05) is 18.2 Å². The van der Waals surface area contributed by atoms with Gasteiger partial charge < -0.3 is 9.80 Å². The predicted octanol–water partition coefficient (Wildman–Crippen LogP) is 2.53. The van der Waals surface area contributed by atoms with Gasteiger partial charge in [-0.05, 0) is 50.8 Å². The minimum absolute atomic E-state index is 0.0304. The first-order chi connectivity index (χ1) is 13.3. The topological polar surface area (TPSA) is 69.7 Å². The summed E-state index contributed by atoms with van der Waals surface area (Å²) in [6.07, 6.45) is 1.33. The van der Waals surface area contributed by atoms with Crippen LogP contribution in [-0.4, -0.2) is 46.4 Å². The number of nitrogens with one attached hydrogen (secondary N) is 1. The molecule has 6 nitrogen and oxygen atoms in total. The van der Waals surface area contributed by atoms with Crippen molar-refractivity contribution >= 4 is 21.6 Å². The van der Waals surface area contributed by atoms with Gasteiger partial charge in [0.2, 0.25) is 15.9 Å². The second-order valence-corrected chi connectivity index (χ2v) is 8.76. The maximum atomic E-state index is 14.1. The van der Waals surface area contributed by atoms with Crippen LogP contribution in [0.4, 0.5) is 10.1 Å². The van der Waals surface area contributed by atoms with Crippen LogP contribution in [-0.2, 0) is 14.8 Å². The number of sulfonamides is 1. The fourth-order valence-electron chi connectivity index (χ4n) is 3.31. The molecule has 1 atom stereocenters. The molecule has 0 radical (unpaired) electrons. The van der Waals surface area contributed by atoms with E-state index < -0.39 is 16.1 Å². The number of halogens is 1. The summed E-state index contributed by atoms with van der Waals surface area (Å²) in [6.45, 7) is 0.680. The number of rotatable bonds is 7. The van der Waals surface area contributed by atoms with Crippen LogP contribution in [0.15, 0.2) is 53.4 Å². The van der Waals surface area contributed by atoms with Crippen molar-refractivity contribution in [2.75, 3.05) is 32.1 Å². The average Bonchev–Trinajstić information content (AvgIpc) is 3.09. The van der Waals surface area contributed by atoms with Gasteiger partial charge in [0, 0.05) is 30.8 Å². The van der Waals surface area contributed by atoms with Crippen LogP contribution >= 0.6 is 0 Å². The highest BCUT2D eigenvalue weighted by Gasteiger charge is 2.24. The fourth-order valence-corrected chi connectivity index (χ4v) is 4.35. The van der Waals surface area contributed by atoms with Gasteiger partial charge in [-0.25, -0.2) is 17.5 Å². The van der Waals surface area contributed by atoms with Crippen molar-refractivity contribution in [1.82, 2.24) is 9.62 Å². The first kappa shape index (κ1) is 20.4. The van der Waals surface area contributed by atoms with Crippen molar-refractivity contribution in [3.63, 3.8) is 0 Å². The number of hydrogen-bond acceptors (Lipinski definition) is 4. The second kappa shape index (κ2) is 8.38. The van der Waals surface area contributed by atoms with Crippen LogP contribution in [0.5, 0.6) is 0 Å². The third kappa shape index (κ3) is 4.40. The van der Waals surface area contributed by atoms with E-state index in [1.54, 1.807) is 54.2 Å². The van der Waals surface area contributed by atoms with Gasteiger partial charge in [0.15, 0.2) is 0 Å². The lowest BCUT2D eigenvalue weighted by Crippen LogP contribution is -2.35. The molecule has 2 aromatic carbocycles. The Balaban J connectivity index is 1.74. The highest BCUT2D eigenvalue weighted by Crippen LogP contribution is 2.24. The number of carbonyl (C=O) groups excluding carboxylic acids is 1. The summed E-state index contributed by atoms with van der Waals surface area (Å²) in [6, 6.07) is 12.1. The Hall–Kier alpha value is -2.29. The van der Waals surface area contributed by atoms with Gasteiger partial charge in [0.25, 0.3) is 0 Å². The summed E-state index contributed by atoms with van der Waals surface area (Å²) in [5.74, 6) is -0.326. The zero-order valence-electron chi connectivity index (χ0n) is 15.9. The molecule has 150 valence electrons. The standard InChI is InChI=1S/C20H24FN3O3S/c1-23(2)19(17-6-3-4-7-18(17)21)14-22-28(26,27)16-11-9-15(10-12-16)24-13-5-8-20(24)25/h3-4,6-7,9-12,19,22H,5,8,13-14H2,1-2H3/t19-/m0/s1. The Morgan fingerprint density at radius 3 is 2.39 bits per heavy atom. The van der Waals surface area contributed by atoms with E-state index in [2.05, 4.69) is 4.72 Å². The molecule has 1 heterocycles. The Bertz CT molecular complexity index is 945. The van der Waals surface area contributed by atoms with Gasteiger partial charge in [0.05, 0.1) is 10.9 Å². The third-order valence-electron chi connectivity index (χ3n) is 4.89. The predicted molar refractivity (Wildman–Crippen MR) is 106 cm³/mol. The third-order valence-corrected chi connectivity index (χ3v) is 6.33. The van der Waals surface area contributed by atoms with Crippen LogP contribution in [0.2, 0.25) is 0 Å². The van der Waals surface area contributed by atoms with Crippen molar-refractivity contribution in [2.24, 2.45) is 0 Å². The van der Waals surface area contributed by atoms with E-state index in [9.17, 15) is 17.6 Å². The summed E-state index contributed by atoms with van der Waals surface area (Å²) >= 11 is 0. The monoisotopic (exact) mass is 405 g/mol. The first-order valence-electron chi connectivity index (χ1n) is 9.10. The lowest BCUT2D eigenvalue weighted by Gasteiger charge is -2.25. The molecular formula is C20H24FN3O3S. The van der Waals surface area contributed by atoms with E-state index >= 15 is 0 Å². The lowest BCUT2D eigenvalue weighted by molar-refractivity contribution is -0.117. The van der Waals surface area contributed by atoms with E-state index in [-0.39, 0.29) is 23.2 Å². The van der Waals surface area contributed by atoms with Crippen LogP contribution in [0, 0.1) is 5.82 Å². The van der Waals surface area contributed by atoms with E-state index in [0.717, 1.165) is 6.42 Å². The number of carbonyl (C=O) groups is 1. The zero-order chi connectivity index (χ0) is 20.3. The van der Waals surface area contributed by atoms with Crippen LogP contribution in [0.25, 0.3) is 0 Å².